The predicted octanol–water partition coefficient (Wildman–Crippen LogP) is 4.77. The molecule has 0 saturated carbocycles. The molecule has 0 aliphatic carbocycles. The molecule has 0 fully saturated rings. The summed E-state index contributed by atoms with van der Waals surface area (Å²) in [4.78, 5) is -0.419. The van der Waals surface area contributed by atoms with Crippen LogP contribution >= 0.6 is 15.9 Å². The van der Waals surface area contributed by atoms with Crippen molar-refractivity contribution in [2.45, 2.75) is 11.8 Å². The van der Waals surface area contributed by atoms with Gasteiger partial charge in [0.05, 0.1) is 11.9 Å². The number of hydrogen-bond donors (Lipinski definition) is 0. The molecule has 0 amide bonds. The Balaban J connectivity index is 2.43. The van der Waals surface area contributed by atoms with Gasteiger partial charge in [-0.15, -0.1) is 0 Å². The summed E-state index contributed by atoms with van der Waals surface area (Å²) in [5, 5.41) is 0. The highest BCUT2D eigenvalue weighted by molar-refractivity contribution is 9.09. The molecule has 0 radical (unpaired) electrons. The molecule has 0 N–H and O–H groups in total. The van der Waals surface area contributed by atoms with E-state index in [0.717, 1.165) is 29.0 Å². The van der Waals surface area contributed by atoms with E-state index in [-0.39, 0.29) is 5.56 Å². The number of benzene rings is 2. The van der Waals surface area contributed by atoms with Crippen LogP contribution in [0.15, 0.2) is 36.4 Å². The van der Waals surface area contributed by atoms with Gasteiger partial charge in [0.1, 0.15) is 17.4 Å². The van der Waals surface area contributed by atoms with Crippen LogP contribution in [-0.2, 0) is 0 Å². The van der Waals surface area contributed by atoms with E-state index in [0.29, 0.717) is 0 Å². The molecular weight excluding hydrogens is 314 g/mol. The first-order valence-corrected chi connectivity index (χ1v) is 6.68. The fourth-order valence-electron chi connectivity index (χ4n) is 1.88. The molecule has 19 heavy (non-hydrogen) atoms. The van der Waals surface area contributed by atoms with Gasteiger partial charge in [-0.3, -0.25) is 0 Å². The summed E-state index contributed by atoms with van der Waals surface area (Å²) in [6.07, 6.45) is 0. The van der Waals surface area contributed by atoms with E-state index in [4.69, 9.17) is 4.74 Å². The van der Waals surface area contributed by atoms with Crippen LogP contribution in [0, 0.1) is 18.6 Å². The lowest BCUT2D eigenvalue weighted by Crippen LogP contribution is -1.99. The lowest BCUT2D eigenvalue weighted by atomic mass is 10.0. The Hall–Kier alpha value is -1.42. The number of rotatable bonds is 3. The van der Waals surface area contributed by atoms with Crippen molar-refractivity contribution in [2.24, 2.45) is 0 Å². The highest BCUT2D eigenvalue weighted by atomic mass is 79.9. The Kier molecular flexibility index (Phi) is 4.20. The number of alkyl halides is 1. The molecule has 0 bridgehead atoms. The lowest BCUT2D eigenvalue weighted by Gasteiger charge is -2.14. The maximum absolute atomic E-state index is 13.7. The van der Waals surface area contributed by atoms with Gasteiger partial charge in [0.15, 0.2) is 0 Å². The van der Waals surface area contributed by atoms with Gasteiger partial charge in [0.2, 0.25) is 0 Å². The third kappa shape index (κ3) is 2.95. The first kappa shape index (κ1) is 14.0. The smallest absolute Gasteiger partial charge is 0.128 e. The van der Waals surface area contributed by atoms with Crippen molar-refractivity contribution in [3.8, 4) is 5.75 Å². The van der Waals surface area contributed by atoms with Crippen LogP contribution in [0.25, 0.3) is 0 Å². The van der Waals surface area contributed by atoms with E-state index in [1.807, 2.05) is 25.1 Å². The highest BCUT2D eigenvalue weighted by Crippen LogP contribution is 2.35. The molecular formula is C15H13BrF2O. The second kappa shape index (κ2) is 5.70. The Morgan fingerprint density at radius 1 is 1.11 bits per heavy atom. The molecule has 0 aromatic heterocycles. The second-order valence-corrected chi connectivity index (χ2v) is 5.17. The molecule has 2 aromatic rings. The minimum atomic E-state index is -0.458. The lowest BCUT2D eigenvalue weighted by molar-refractivity contribution is 0.411. The zero-order valence-electron chi connectivity index (χ0n) is 10.6. The molecule has 100 valence electrons. The Morgan fingerprint density at radius 2 is 1.84 bits per heavy atom. The average molecular weight is 327 g/mol. The van der Waals surface area contributed by atoms with Crippen molar-refractivity contribution in [1.29, 1.82) is 0 Å². The minimum Gasteiger partial charge on any atom is -0.496 e. The van der Waals surface area contributed by atoms with Crippen molar-refractivity contribution in [3.05, 3.63) is 64.7 Å². The van der Waals surface area contributed by atoms with Crippen molar-refractivity contribution in [2.75, 3.05) is 7.11 Å². The predicted molar refractivity (Wildman–Crippen MR) is 74.9 cm³/mol. The molecule has 4 heteroatoms. The van der Waals surface area contributed by atoms with E-state index < -0.39 is 16.5 Å². The Morgan fingerprint density at radius 3 is 2.53 bits per heavy atom. The van der Waals surface area contributed by atoms with E-state index in [2.05, 4.69) is 15.9 Å². The number of halogens is 3. The third-order valence-electron chi connectivity index (χ3n) is 2.96. The molecule has 1 nitrogen and oxygen atoms in total. The van der Waals surface area contributed by atoms with Crippen LogP contribution in [0.4, 0.5) is 8.78 Å². The fourth-order valence-corrected chi connectivity index (χ4v) is 2.52. The quantitative estimate of drug-likeness (QED) is 0.738. The van der Waals surface area contributed by atoms with Crippen molar-refractivity contribution in [1.82, 2.24) is 0 Å². The summed E-state index contributed by atoms with van der Waals surface area (Å²) in [5.74, 6) is -0.179. The van der Waals surface area contributed by atoms with Gasteiger partial charge in [0.25, 0.3) is 0 Å². The normalized spacial score (nSPS) is 12.3. The van der Waals surface area contributed by atoms with Crippen LogP contribution < -0.4 is 4.74 Å². The van der Waals surface area contributed by atoms with Crippen molar-refractivity contribution in [3.63, 3.8) is 0 Å². The van der Waals surface area contributed by atoms with Gasteiger partial charge in [-0.25, -0.2) is 8.78 Å². The summed E-state index contributed by atoms with van der Waals surface area (Å²) in [6.45, 7) is 1.93. The highest BCUT2D eigenvalue weighted by Gasteiger charge is 2.16. The Labute approximate surface area is 119 Å². The SMILES string of the molecule is COc1cc(C(Br)c2cc(F)ccc2F)ccc1C. The monoisotopic (exact) mass is 326 g/mol. The summed E-state index contributed by atoms with van der Waals surface area (Å²) < 4.78 is 32.2. The topological polar surface area (TPSA) is 9.23 Å². The van der Waals surface area contributed by atoms with Gasteiger partial charge in [-0.05, 0) is 42.3 Å². The van der Waals surface area contributed by atoms with Crippen molar-refractivity contribution >= 4 is 15.9 Å². The van der Waals surface area contributed by atoms with Gasteiger partial charge < -0.3 is 4.74 Å². The third-order valence-corrected chi connectivity index (χ3v) is 3.98. The largest absolute Gasteiger partial charge is 0.496 e. The zero-order chi connectivity index (χ0) is 14.0. The van der Waals surface area contributed by atoms with Gasteiger partial charge in [-0.1, -0.05) is 28.1 Å². The first-order valence-electron chi connectivity index (χ1n) is 5.76. The summed E-state index contributed by atoms with van der Waals surface area (Å²) >= 11 is 3.40. The van der Waals surface area contributed by atoms with Crippen LogP contribution in [0.1, 0.15) is 21.5 Å². The molecule has 2 rings (SSSR count). The van der Waals surface area contributed by atoms with Crippen LogP contribution in [0.3, 0.4) is 0 Å². The fraction of sp³-hybridized carbons (Fsp3) is 0.200. The zero-order valence-corrected chi connectivity index (χ0v) is 12.2. The molecule has 0 spiro atoms. The molecule has 2 aromatic carbocycles. The standard InChI is InChI=1S/C15H13BrF2O/c1-9-3-4-10(7-14(9)19-2)15(16)12-8-11(17)5-6-13(12)18/h3-8,15H,1-2H3. The van der Waals surface area contributed by atoms with E-state index in [1.165, 1.54) is 6.07 Å². The van der Waals surface area contributed by atoms with E-state index in [9.17, 15) is 8.78 Å². The number of methoxy groups -OCH3 is 1. The van der Waals surface area contributed by atoms with Gasteiger partial charge in [-0.2, -0.15) is 0 Å². The molecule has 1 atom stereocenters. The molecule has 0 aliphatic rings. The van der Waals surface area contributed by atoms with Crippen LogP contribution in [0.2, 0.25) is 0 Å². The average Bonchev–Trinajstić information content (AvgIpc) is 2.41. The van der Waals surface area contributed by atoms with E-state index in [1.54, 1.807) is 7.11 Å². The second-order valence-electron chi connectivity index (χ2n) is 4.26. The van der Waals surface area contributed by atoms with Crippen molar-refractivity contribution < 1.29 is 13.5 Å². The van der Waals surface area contributed by atoms with Gasteiger partial charge >= 0.3 is 0 Å². The van der Waals surface area contributed by atoms with Crippen LogP contribution in [0.5, 0.6) is 5.75 Å². The Bertz CT molecular complexity index is 599. The molecule has 0 heterocycles. The minimum absolute atomic E-state index is 0.269. The summed E-state index contributed by atoms with van der Waals surface area (Å²) in [7, 11) is 1.58. The number of hydrogen-bond acceptors (Lipinski definition) is 1. The molecule has 0 saturated heterocycles. The van der Waals surface area contributed by atoms with Gasteiger partial charge in [0, 0.05) is 5.56 Å². The van der Waals surface area contributed by atoms with Crippen LogP contribution in [-0.4, -0.2) is 7.11 Å². The summed E-state index contributed by atoms with van der Waals surface area (Å²) in [6, 6.07) is 9.00. The maximum atomic E-state index is 13.7. The molecule has 1 unspecified atom stereocenters. The first-order chi connectivity index (χ1) is 9.02. The van der Waals surface area contributed by atoms with E-state index >= 15 is 0 Å². The maximum Gasteiger partial charge on any atom is 0.128 e. The summed E-state index contributed by atoms with van der Waals surface area (Å²) in [5.41, 5.74) is 2.07. The molecule has 0 aliphatic heterocycles. The number of ether oxygens (including phenoxy) is 1. The number of aryl methyl sites for hydroxylation is 1.